The van der Waals surface area contributed by atoms with Crippen molar-refractivity contribution in [3.05, 3.63) is 24.3 Å². The summed E-state index contributed by atoms with van der Waals surface area (Å²) in [4.78, 5) is 37.2. The van der Waals surface area contributed by atoms with Crippen LogP contribution in [0, 0.1) is 0 Å². The fourth-order valence-corrected chi connectivity index (χ4v) is 8.32. The van der Waals surface area contributed by atoms with Crippen molar-refractivity contribution in [1.82, 2.24) is 0 Å². The minimum Gasteiger partial charge on any atom is -0.477 e. The van der Waals surface area contributed by atoms with Gasteiger partial charge in [0, 0.05) is 19.3 Å². The van der Waals surface area contributed by atoms with Crippen molar-refractivity contribution < 1.29 is 38.2 Å². The van der Waals surface area contributed by atoms with Crippen LogP contribution in [0.3, 0.4) is 0 Å². The van der Waals surface area contributed by atoms with Crippen LogP contribution in [0.1, 0.15) is 264 Å². The molecule has 0 rings (SSSR count). The van der Waals surface area contributed by atoms with Gasteiger partial charge in [0.1, 0.15) is 6.61 Å². The first kappa shape index (κ1) is 61.8. The standard InChI is InChI=1S/C56H105NO7/c1-6-8-10-12-14-16-18-20-22-24-25-26-27-28-29-31-33-35-37-39-41-43-45-47-55(59)64-52(50-62-49-48-53(56(60)61)57(3,4)5)51-63-54(58)46-44-42-40-38-36-34-32-30-23-21-19-17-15-13-11-9-7-2/h21,23,28-29,52-53H,6-20,22,24-27,30-51H2,1-5H3/p+1/b23-21+,29-28+. The third-order valence-corrected chi connectivity index (χ3v) is 12.6. The Balaban J connectivity index is 4.19. The van der Waals surface area contributed by atoms with Gasteiger partial charge in [-0.2, -0.15) is 0 Å². The average molecular weight is 905 g/mol. The first-order valence-electron chi connectivity index (χ1n) is 27.4. The summed E-state index contributed by atoms with van der Waals surface area (Å²) in [6, 6.07) is -0.615. The smallest absolute Gasteiger partial charge is 0.362 e. The Morgan fingerprint density at radius 1 is 0.453 bits per heavy atom. The van der Waals surface area contributed by atoms with Gasteiger partial charge in [-0.15, -0.1) is 0 Å². The van der Waals surface area contributed by atoms with Crippen LogP contribution in [0.15, 0.2) is 24.3 Å². The average Bonchev–Trinajstić information content (AvgIpc) is 3.26. The molecule has 0 aliphatic heterocycles. The lowest BCUT2D eigenvalue weighted by Crippen LogP contribution is -2.50. The molecule has 0 aromatic carbocycles. The molecule has 0 amide bonds. The van der Waals surface area contributed by atoms with E-state index in [9.17, 15) is 19.5 Å². The first-order chi connectivity index (χ1) is 31.1. The summed E-state index contributed by atoms with van der Waals surface area (Å²) in [5, 5.41) is 9.66. The molecule has 0 saturated carbocycles. The molecule has 0 aromatic rings. The number of hydrogen-bond donors (Lipinski definition) is 1. The number of unbranched alkanes of at least 4 members (excludes halogenated alkanes) is 32. The summed E-state index contributed by atoms with van der Waals surface area (Å²) in [5.74, 6) is -1.46. The summed E-state index contributed by atoms with van der Waals surface area (Å²) in [6.45, 7) is 4.77. The number of quaternary nitrogens is 1. The molecule has 376 valence electrons. The summed E-state index contributed by atoms with van der Waals surface area (Å²) < 4.78 is 17.4. The van der Waals surface area contributed by atoms with E-state index in [1.165, 1.54) is 193 Å². The summed E-state index contributed by atoms with van der Waals surface area (Å²) in [6.07, 6.45) is 55.2. The van der Waals surface area contributed by atoms with E-state index in [2.05, 4.69) is 38.2 Å². The number of carbonyl (C=O) groups excluding carboxylic acids is 2. The number of allylic oxidation sites excluding steroid dienone is 4. The summed E-state index contributed by atoms with van der Waals surface area (Å²) >= 11 is 0. The van der Waals surface area contributed by atoms with Gasteiger partial charge >= 0.3 is 17.9 Å². The number of carbonyl (C=O) groups is 3. The van der Waals surface area contributed by atoms with Gasteiger partial charge in [0.15, 0.2) is 12.1 Å². The van der Waals surface area contributed by atoms with Gasteiger partial charge in [0.05, 0.1) is 34.4 Å². The Bertz CT molecular complexity index is 1100. The lowest BCUT2D eigenvalue weighted by Gasteiger charge is -2.31. The first-order valence-corrected chi connectivity index (χ1v) is 27.4. The highest BCUT2D eigenvalue weighted by Gasteiger charge is 2.31. The Morgan fingerprint density at radius 2 is 0.781 bits per heavy atom. The van der Waals surface area contributed by atoms with Crippen LogP contribution >= 0.6 is 0 Å². The number of carboxylic acids is 1. The van der Waals surface area contributed by atoms with Gasteiger partial charge in [-0.05, 0) is 64.2 Å². The molecule has 64 heavy (non-hydrogen) atoms. The Kier molecular flexibility index (Phi) is 45.7. The molecule has 8 heteroatoms. The maximum atomic E-state index is 12.8. The molecule has 0 aromatic heterocycles. The third-order valence-electron chi connectivity index (χ3n) is 12.6. The summed E-state index contributed by atoms with van der Waals surface area (Å²) in [5.41, 5.74) is 0. The van der Waals surface area contributed by atoms with E-state index in [0.29, 0.717) is 19.3 Å². The zero-order valence-electron chi connectivity index (χ0n) is 43.0. The number of nitrogens with zero attached hydrogens (tertiary/aromatic N) is 1. The predicted molar refractivity (Wildman–Crippen MR) is 271 cm³/mol. The van der Waals surface area contributed by atoms with E-state index in [4.69, 9.17) is 14.2 Å². The molecule has 0 aliphatic carbocycles. The lowest BCUT2D eigenvalue weighted by molar-refractivity contribution is -0.887. The molecular formula is C56H106NO7+. The monoisotopic (exact) mass is 905 g/mol. The fraction of sp³-hybridized carbons (Fsp3) is 0.875. The van der Waals surface area contributed by atoms with Crippen LogP contribution in [-0.2, 0) is 28.6 Å². The van der Waals surface area contributed by atoms with E-state index in [1.54, 1.807) is 0 Å². The largest absolute Gasteiger partial charge is 0.477 e. The molecule has 0 heterocycles. The van der Waals surface area contributed by atoms with Crippen LogP contribution in [0.25, 0.3) is 0 Å². The maximum Gasteiger partial charge on any atom is 0.362 e. The van der Waals surface area contributed by atoms with E-state index < -0.39 is 18.1 Å². The highest BCUT2D eigenvalue weighted by atomic mass is 16.6. The Hall–Kier alpha value is -2.19. The molecule has 0 fully saturated rings. The fourth-order valence-electron chi connectivity index (χ4n) is 8.32. The van der Waals surface area contributed by atoms with E-state index in [-0.39, 0.29) is 36.2 Å². The maximum absolute atomic E-state index is 12.8. The Morgan fingerprint density at radius 3 is 1.12 bits per heavy atom. The van der Waals surface area contributed by atoms with Crippen LogP contribution in [-0.4, -0.2) is 80.6 Å². The number of rotatable bonds is 50. The van der Waals surface area contributed by atoms with Crippen LogP contribution < -0.4 is 0 Å². The molecule has 2 atom stereocenters. The third kappa shape index (κ3) is 45.0. The van der Waals surface area contributed by atoms with Crippen LogP contribution in [0.5, 0.6) is 0 Å². The molecule has 8 nitrogen and oxygen atoms in total. The summed E-state index contributed by atoms with van der Waals surface area (Å²) in [7, 11) is 5.54. The molecule has 0 aliphatic rings. The predicted octanol–water partition coefficient (Wildman–Crippen LogP) is 16.0. The molecule has 0 saturated heterocycles. The second kappa shape index (κ2) is 47.3. The van der Waals surface area contributed by atoms with Gasteiger partial charge in [-0.1, -0.05) is 205 Å². The van der Waals surface area contributed by atoms with Crippen molar-refractivity contribution in [3.63, 3.8) is 0 Å². The normalized spacial score (nSPS) is 13.0. The molecule has 0 radical (unpaired) electrons. The molecular weight excluding hydrogens is 799 g/mol. The van der Waals surface area contributed by atoms with E-state index in [0.717, 1.165) is 38.5 Å². The zero-order valence-corrected chi connectivity index (χ0v) is 43.0. The van der Waals surface area contributed by atoms with Gasteiger partial charge in [-0.3, -0.25) is 9.59 Å². The second-order valence-corrected chi connectivity index (χ2v) is 19.8. The quantitative estimate of drug-likeness (QED) is 0.0281. The molecule has 0 bridgehead atoms. The molecule has 0 spiro atoms. The zero-order chi connectivity index (χ0) is 47.0. The van der Waals surface area contributed by atoms with Gasteiger partial charge in [0.2, 0.25) is 0 Å². The number of esters is 2. The van der Waals surface area contributed by atoms with Crippen LogP contribution in [0.2, 0.25) is 0 Å². The van der Waals surface area contributed by atoms with Gasteiger partial charge in [-0.25, -0.2) is 4.79 Å². The molecule has 2 unspecified atom stereocenters. The minimum absolute atomic E-state index is 0.0513. The number of ether oxygens (including phenoxy) is 3. The van der Waals surface area contributed by atoms with Crippen molar-refractivity contribution in [3.8, 4) is 0 Å². The van der Waals surface area contributed by atoms with Crippen molar-refractivity contribution in [1.29, 1.82) is 0 Å². The molecule has 1 N–H and O–H groups in total. The topological polar surface area (TPSA) is 99.1 Å². The highest BCUT2D eigenvalue weighted by molar-refractivity contribution is 5.72. The number of carboxylic acid groups (broad SMARTS) is 1. The second-order valence-electron chi connectivity index (χ2n) is 19.8. The van der Waals surface area contributed by atoms with Crippen molar-refractivity contribution in [2.24, 2.45) is 0 Å². The highest BCUT2D eigenvalue weighted by Crippen LogP contribution is 2.16. The van der Waals surface area contributed by atoms with Gasteiger partial charge < -0.3 is 23.8 Å². The lowest BCUT2D eigenvalue weighted by atomic mass is 10.0. The van der Waals surface area contributed by atoms with E-state index in [1.807, 2.05) is 21.1 Å². The number of aliphatic carboxylic acids is 1. The van der Waals surface area contributed by atoms with Crippen molar-refractivity contribution in [2.75, 3.05) is 41.0 Å². The van der Waals surface area contributed by atoms with Gasteiger partial charge in [0.25, 0.3) is 0 Å². The van der Waals surface area contributed by atoms with Crippen molar-refractivity contribution in [2.45, 2.75) is 276 Å². The van der Waals surface area contributed by atoms with E-state index >= 15 is 0 Å². The number of hydrogen-bond acceptors (Lipinski definition) is 6. The van der Waals surface area contributed by atoms with Crippen LogP contribution in [0.4, 0.5) is 0 Å². The number of likely N-dealkylation sites (N-methyl/N-ethyl adjacent to an activating group) is 1. The minimum atomic E-state index is -0.873. The SMILES string of the molecule is CCCCCCCC/C=C/CCCCCCCCCC(=O)OCC(COCCC(C(=O)O)[N+](C)(C)C)OC(=O)CCCCCCCCC/C=C/CCCCCCCCCCCCCC. The Labute approximate surface area is 396 Å². The van der Waals surface area contributed by atoms with Crippen molar-refractivity contribution >= 4 is 17.9 Å².